The Labute approximate surface area is 104 Å². The molecule has 0 unspecified atom stereocenters. The summed E-state index contributed by atoms with van der Waals surface area (Å²) in [5.41, 5.74) is -1.09. The van der Waals surface area contributed by atoms with E-state index in [4.69, 9.17) is 5.14 Å². The van der Waals surface area contributed by atoms with E-state index in [0.29, 0.717) is 12.8 Å². The molecule has 0 bridgehead atoms. The summed E-state index contributed by atoms with van der Waals surface area (Å²) in [7, 11) is -3.62. The van der Waals surface area contributed by atoms with Crippen molar-refractivity contribution in [1.29, 1.82) is 0 Å². The van der Waals surface area contributed by atoms with Crippen LogP contribution in [0.2, 0.25) is 0 Å². The molecule has 4 amide bonds. The highest BCUT2D eigenvalue weighted by molar-refractivity contribution is 7.89. The summed E-state index contributed by atoms with van der Waals surface area (Å²) in [4.78, 5) is 35.8. The van der Waals surface area contributed by atoms with E-state index >= 15 is 0 Å². The smallest absolute Gasteiger partial charge is 0.277 e. The standard InChI is InChI=1S/C9H13N3O5S/c10-18(16,17)5-1-4-12-7(14)9(2-3-9)6(13)11-8(12)15/h1-5H2,(H2,10,16,17)(H,11,13,15). The zero-order valence-corrected chi connectivity index (χ0v) is 10.3. The van der Waals surface area contributed by atoms with E-state index in [1.807, 2.05) is 0 Å². The maximum absolute atomic E-state index is 11.9. The molecule has 1 aliphatic heterocycles. The van der Waals surface area contributed by atoms with Crippen LogP contribution in [0.4, 0.5) is 4.79 Å². The number of hydrogen-bond donors (Lipinski definition) is 2. The van der Waals surface area contributed by atoms with Gasteiger partial charge in [0.25, 0.3) is 0 Å². The predicted octanol–water partition coefficient (Wildman–Crippen LogP) is -1.48. The molecule has 1 saturated heterocycles. The largest absolute Gasteiger partial charge is 0.330 e. The number of primary sulfonamides is 1. The number of nitrogens with zero attached hydrogens (tertiary/aromatic N) is 1. The van der Waals surface area contributed by atoms with Crippen LogP contribution in [0.15, 0.2) is 0 Å². The summed E-state index contributed by atoms with van der Waals surface area (Å²) in [6.45, 7) is -0.0594. The van der Waals surface area contributed by atoms with Gasteiger partial charge >= 0.3 is 6.03 Å². The van der Waals surface area contributed by atoms with E-state index in [9.17, 15) is 22.8 Å². The molecule has 18 heavy (non-hydrogen) atoms. The third-order valence-corrected chi connectivity index (χ3v) is 3.97. The fourth-order valence-electron chi connectivity index (χ4n) is 1.92. The Morgan fingerprint density at radius 3 is 2.39 bits per heavy atom. The highest BCUT2D eigenvalue weighted by atomic mass is 32.2. The van der Waals surface area contributed by atoms with Crippen LogP contribution in [0.3, 0.4) is 0 Å². The SMILES string of the molecule is NS(=O)(=O)CCCN1C(=O)NC(=O)C2(CC2)C1=O. The van der Waals surface area contributed by atoms with Crippen molar-refractivity contribution in [2.45, 2.75) is 19.3 Å². The number of rotatable bonds is 4. The van der Waals surface area contributed by atoms with Crippen molar-refractivity contribution in [3.05, 3.63) is 0 Å². The molecule has 0 atom stereocenters. The van der Waals surface area contributed by atoms with Gasteiger partial charge in [-0.1, -0.05) is 0 Å². The number of nitrogens with one attached hydrogen (secondary N) is 1. The van der Waals surface area contributed by atoms with Gasteiger partial charge in [0.2, 0.25) is 21.8 Å². The molecule has 0 aromatic rings. The number of carbonyl (C=O) groups excluding carboxylic acids is 3. The van der Waals surface area contributed by atoms with Crippen molar-refractivity contribution in [2.24, 2.45) is 10.6 Å². The molecule has 8 nitrogen and oxygen atoms in total. The topological polar surface area (TPSA) is 127 Å². The van der Waals surface area contributed by atoms with Crippen LogP contribution >= 0.6 is 0 Å². The second-order valence-corrected chi connectivity index (χ2v) is 6.25. The van der Waals surface area contributed by atoms with Crippen LogP contribution in [0, 0.1) is 5.41 Å². The zero-order chi connectivity index (χ0) is 13.6. The molecule has 1 heterocycles. The third kappa shape index (κ3) is 2.23. The Bertz CT molecular complexity index is 522. The van der Waals surface area contributed by atoms with Crippen molar-refractivity contribution in [3.8, 4) is 0 Å². The molecule has 0 radical (unpaired) electrons. The molecule has 0 aromatic heterocycles. The predicted molar refractivity (Wildman–Crippen MR) is 59.5 cm³/mol. The van der Waals surface area contributed by atoms with Gasteiger partial charge < -0.3 is 0 Å². The zero-order valence-electron chi connectivity index (χ0n) is 9.51. The van der Waals surface area contributed by atoms with Crippen molar-refractivity contribution >= 4 is 27.9 Å². The van der Waals surface area contributed by atoms with E-state index in [0.717, 1.165) is 4.90 Å². The number of carbonyl (C=O) groups is 3. The normalized spacial score (nSPS) is 22.3. The number of barbiturate groups is 1. The van der Waals surface area contributed by atoms with Gasteiger partial charge in [-0.25, -0.2) is 18.4 Å². The number of sulfonamides is 1. The summed E-state index contributed by atoms with van der Waals surface area (Å²) >= 11 is 0. The summed E-state index contributed by atoms with van der Waals surface area (Å²) in [5.74, 6) is -1.41. The van der Waals surface area contributed by atoms with E-state index in [1.54, 1.807) is 0 Å². The maximum atomic E-state index is 11.9. The van der Waals surface area contributed by atoms with Gasteiger partial charge in [0.15, 0.2) is 0 Å². The molecule has 2 rings (SSSR count). The number of urea groups is 1. The van der Waals surface area contributed by atoms with Gasteiger partial charge in [0.1, 0.15) is 5.41 Å². The lowest BCUT2D eigenvalue weighted by Crippen LogP contribution is -2.59. The summed E-state index contributed by atoms with van der Waals surface area (Å²) < 4.78 is 21.5. The lowest BCUT2D eigenvalue weighted by atomic mass is 10.0. The number of amides is 4. The van der Waals surface area contributed by atoms with Crippen LogP contribution in [0.5, 0.6) is 0 Å². The fraction of sp³-hybridized carbons (Fsp3) is 0.667. The first-order valence-electron chi connectivity index (χ1n) is 5.44. The molecular weight excluding hydrogens is 262 g/mol. The molecular formula is C9H13N3O5S. The molecule has 2 aliphatic rings. The highest BCUT2D eigenvalue weighted by Crippen LogP contribution is 2.48. The quantitative estimate of drug-likeness (QED) is 0.605. The number of hydrogen-bond acceptors (Lipinski definition) is 5. The minimum absolute atomic E-state index is 0.0578. The molecule has 1 spiro atoms. The van der Waals surface area contributed by atoms with E-state index in [1.165, 1.54) is 0 Å². The minimum Gasteiger partial charge on any atom is -0.277 e. The first kappa shape index (κ1) is 13.0. The van der Waals surface area contributed by atoms with E-state index in [2.05, 4.69) is 5.32 Å². The average molecular weight is 275 g/mol. The summed E-state index contributed by atoms with van der Waals surface area (Å²) in [5, 5.41) is 6.93. The monoisotopic (exact) mass is 275 g/mol. The Hall–Kier alpha value is -1.48. The van der Waals surface area contributed by atoms with Crippen molar-refractivity contribution < 1.29 is 22.8 Å². The average Bonchev–Trinajstić information content (AvgIpc) is 3.00. The molecule has 0 aromatic carbocycles. The molecule has 3 N–H and O–H groups in total. The minimum atomic E-state index is -3.62. The van der Waals surface area contributed by atoms with Crippen LogP contribution < -0.4 is 10.5 Å². The molecule has 9 heteroatoms. The second-order valence-electron chi connectivity index (χ2n) is 4.52. The summed E-state index contributed by atoms with van der Waals surface area (Å²) in [6, 6.07) is -0.794. The maximum Gasteiger partial charge on any atom is 0.330 e. The van der Waals surface area contributed by atoms with Gasteiger partial charge in [0, 0.05) is 6.54 Å². The summed E-state index contributed by atoms with van der Waals surface area (Å²) in [6.07, 6.45) is 0.912. The first-order valence-corrected chi connectivity index (χ1v) is 7.16. The van der Waals surface area contributed by atoms with Gasteiger partial charge in [0.05, 0.1) is 5.75 Å². The van der Waals surface area contributed by atoms with Gasteiger partial charge in [-0.05, 0) is 19.3 Å². The van der Waals surface area contributed by atoms with Crippen LogP contribution in [0.1, 0.15) is 19.3 Å². The Kier molecular flexibility index (Phi) is 2.90. The Morgan fingerprint density at radius 2 is 1.89 bits per heavy atom. The van der Waals surface area contributed by atoms with Crippen LogP contribution in [-0.4, -0.2) is 43.5 Å². The van der Waals surface area contributed by atoms with Crippen molar-refractivity contribution in [1.82, 2.24) is 10.2 Å². The van der Waals surface area contributed by atoms with Gasteiger partial charge in [-0.3, -0.25) is 19.8 Å². The lowest BCUT2D eigenvalue weighted by molar-refractivity contribution is -0.144. The highest BCUT2D eigenvalue weighted by Gasteiger charge is 2.61. The van der Waals surface area contributed by atoms with E-state index in [-0.39, 0.29) is 18.7 Å². The molecule has 1 saturated carbocycles. The second kappa shape index (κ2) is 4.02. The van der Waals surface area contributed by atoms with Gasteiger partial charge in [-0.15, -0.1) is 0 Å². The molecule has 1 aliphatic carbocycles. The molecule has 100 valence electrons. The van der Waals surface area contributed by atoms with Crippen molar-refractivity contribution in [3.63, 3.8) is 0 Å². The first-order chi connectivity index (χ1) is 8.26. The van der Waals surface area contributed by atoms with Gasteiger partial charge in [-0.2, -0.15) is 0 Å². The Balaban J connectivity index is 2.02. The number of imide groups is 2. The van der Waals surface area contributed by atoms with E-state index < -0.39 is 33.3 Å². The van der Waals surface area contributed by atoms with Crippen molar-refractivity contribution in [2.75, 3.05) is 12.3 Å². The van der Waals surface area contributed by atoms with Crippen LogP contribution in [0.25, 0.3) is 0 Å². The Morgan fingerprint density at radius 1 is 1.28 bits per heavy atom. The third-order valence-electron chi connectivity index (χ3n) is 3.12. The fourth-order valence-corrected chi connectivity index (χ4v) is 2.46. The van der Waals surface area contributed by atoms with Crippen LogP contribution in [-0.2, 0) is 19.6 Å². The molecule has 2 fully saturated rings. The lowest BCUT2D eigenvalue weighted by Gasteiger charge is -2.30. The number of nitrogens with two attached hydrogens (primary N) is 1.